The fraction of sp³-hybridized carbons (Fsp3) is 0.444. The van der Waals surface area contributed by atoms with E-state index in [9.17, 15) is 14.4 Å². The molecule has 6 nitrogen and oxygen atoms in total. The van der Waals surface area contributed by atoms with Crippen LogP contribution in [-0.2, 0) is 22.6 Å². The number of benzene rings is 2. The van der Waals surface area contributed by atoms with Gasteiger partial charge in [-0.3, -0.25) is 14.4 Å². The van der Waals surface area contributed by atoms with Crippen LogP contribution in [0.1, 0.15) is 65.6 Å². The third kappa shape index (κ3) is 5.81. The molecule has 4 rings (SSSR count). The number of carbonyl (C=O) groups excluding carboxylic acids is 3. The van der Waals surface area contributed by atoms with Gasteiger partial charge in [-0.05, 0) is 55.5 Å². The topological polar surface area (TPSA) is 69.7 Å². The second-order valence-corrected chi connectivity index (χ2v) is 9.11. The van der Waals surface area contributed by atoms with Gasteiger partial charge in [0.1, 0.15) is 0 Å². The van der Waals surface area contributed by atoms with Crippen LogP contribution in [0.25, 0.3) is 0 Å². The van der Waals surface area contributed by atoms with Crippen molar-refractivity contribution in [1.29, 1.82) is 0 Å². The highest BCUT2D eigenvalue weighted by Crippen LogP contribution is 2.30. The summed E-state index contributed by atoms with van der Waals surface area (Å²) in [7, 11) is 0. The molecule has 1 N–H and O–H groups in total. The summed E-state index contributed by atoms with van der Waals surface area (Å²) >= 11 is 0. The van der Waals surface area contributed by atoms with Crippen molar-refractivity contribution in [2.24, 2.45) is 0 Å². The summed E-state index contributed by atoms with van der Waals surface area (Å²) < 4.78 is 0. The Morgan fingerprint density at radius 3 is 2.45 bits per heavy atom. The van der Waals surface area contributed by atoms with Gasteiger partial charge >= 0.3 is 0 Å². The van der Waals surface area contributed by atoms with E-state index in [4.69, 9.17) is 0 Å². The van der Waals surface area contributed by atoms with Gasteiger partial charge in [0, 0.05) is 50.3 Å². The van der Waals surface area contributed by atoms with Crippen LogP contribution in [0.4, 0.5) is 5.69 Å². The van der Waals surface area contributed by atoms with Crippen molar-refractivity contribution in [3.63, 3.8) is 0 Å². The molecule has 2 aromatic carbocycles. The number of nitrogens with zero attached hydrogens (tertiary/aromatic N) is 2. The molecule has 174 valence electrons. The van der Waals surface area contributed by atoms with Crippen molar-refractivity contribution in [3.05, 3.63) is 64.7 Å². The molecule has 2 aromatic rings. The summed E-state index contributed by atoms with van der Waals surface area (Å²) in [6, 6.07) is 13.7. The predicted molar refractivity (Wildman–Crippen MR) is 129 cm³/mol. The average molecular weight is 448 g/mol. The summed E-state index contributed by atoms with van der Waals surface area (Å²) in [4.78, 5) is 41.4. The van der Waals surface area contributed by atoms with Crippen molar-refractivity contribution in [1.82, 2.24) is 10.2 Å². The molecule has 2 aliphatic heterocycles. The summed E-state index contributed by atoms with van der Waals surface area (Å²) in [6.07, 6.45) is 5.78. The minimum Gasteiger partial charge on any atom is -0.352 e. The number of fused-ring (bicyclic) bond motifs is 1. The lowest BCUT2D eigenvalue weighted by molar-refractivity contribution is -0.133. The quantitative estimate of drug-likeness (QED) is 0.728. The highest BCUT2D eigenvalue weighted by Gasteiger charge is 2.26. The molecule has 0 radical (unpaired) electrons. The second kappa shape index (κ2) is 10.6. The van der Waals surface area contributed by atoms with Crippen molar-refractivity contribution in [2.45, 2.75) is 58.4 Å². The summed E-state index contributed by atoms with van der Waals surface area (Å²) in [6.45, 7) is 4.71. The average Bonchev–Trinajstić information content (AvgIpc) is 3.04. The van der Waals surface area contributed by atoms with Crippen LogP contribution >= 0.6 is 0 Å². The zero-order valence-corrected chi connectivity index (χ0v) is 19.4. The molecule has 0 aromatic heterocycles. The van der Waals surface area contributed by atoms with E-state index in [0.29, 0.717) is 18.7 Å². The fourth-order valence-electron chi connectivity index (χ4n) is 4.70. The normalized spacial score (nSPS) is 15.7. The zero-order chi connectivity index (χ0) is 23.2. The van der Waals surface area contributed by atoms with E-state index in [2.05, 4.69) is 11.4 Å². The number of hydrogen-bond donors (Lipinski definition) is 1. The predicted octanol–water partition coefficient (Wildman–Crippen LogP) is 4.00. The van der Waals surface area contributed by atoms with E-state index < -0.39 is 0 Å². The van der Waals surface area contributed by atoms with E-state index >= 15 is 0 Å². The SMILES string of the molecule is Cc1cccc(C(=O)N2CCc3cc(CNC(=O)CCC(=O)N4CCCCCC4)ccc32)c1. The van der Waals surface area contributed by atoms with Gasteiger partial charge < -0.3 is 15.1 Å². The molecule has 3 amide bonds. The van der Waals surface area contributed by atoms with E-state index in [-0.39, 0.29) is 30.6 Å². The zero-order valence-electron chi connectivity index (χ0n) is 19.4. The fourth-order valence-corrected chi connectivity index (χ4v) is 4.70. The van der Waals surface area contributed by atoms with Crippen LogP contribution in [0.15, 0.2) is 42.5 Å². The molecule has 1 saturated heterocycles. The van der Waals surface area contributed by atoms with Gasteiger partial charge in [0.2, 0.25) is 11.8 Å². The van der Waals surface area contributed by atoms with Crippen molar-refractivity contribution < 1.29 is 14.4 Å². The van der Waals surface area contributed by atoms with Crippen LogP contribution in [0.2, 0.25) is 0 Å². The smallest absolute Gasteiger partial charge is 0.258 e. The molecule has 2 aliphatic rings. The minimum absolute atomic E-state index is 0.0209. The standard InChI is InChI=1S/C27H33N3O3/c1-20-7-6-8-23(17-20)27(33)30-16-13-22-18-21(9-10-24(22)30)19-28-25(31)11-12-26(32)29-14-4-2-3-5-15-29/h6-10,17-18H,2-5,11-16,19H2,1H3,(H,28,31). The summed E-state index contributed by atoms with van der Waals surface area (Å²) in [5, 5.41) is 2.94. The first-order valence-electron chi connectivity index (χ1n) is 12.1. The molecule has 1 fully saturated rings. The number of aryl methyl sites for hydroxylation is 1. The summed E-state index contributed by atoms with van der Waals surface area (Å²) in [5.74, 6) is 0.00505. The highest BCUT2D eigenvalue weighted by atomic mass is 16.2. The van der Waals surface area contributed by atoms with Gasteiger partial charge in [-0.1, -0.05) is 42.7 Å². The Balaban J connectivity index is 1.28. The van der Waals surface area contributed by atoms with Crippen LogP contribution < -0.4 is 10.2 Å². The molecule has 0 saturated carbocycles. The van der Waals surface area contributed by atoms with Crippen LogP contribution in [0.5, 0.6) is 0 Å². The Morgan fingerprint density at radius 2 is 1.70 bits per heavy atom. The van der Waals surface area contributed by atoms with Crippen LogP contribution in [0.3, 0.4) is 0 Å². The Kier molecular flexibility index (Phi) is 7.43. The minimum atomic E-state index is -0.102. The molecule has 0 spiro atoms. The number of rotatable bonds is 6. The lowest BCUT2D eigenvalue weighted by atomic mass is 10.1. The van der Waals surface area contributed by atoms with Crippen LogP contribution in [0, 0.1) is 6.92 Å². The Morgan fingerprint density at radius 1 is 0.909 bits per heavy atom. The Bertz CT molecular complexity index is 1030. The third-order valence-corrected chi connectivity index (χ3v) is 6.56. The van der Waals surface area contributed by atoms with Crippen molar-refractivity contribution in [2.75, 3.05) is 24.5 Å². The highest BCUT2D eigenvalue weighted by molar-refractivity contribution is 6.07. The van der Waals surface area contributed by atoms with Crippen LogP contribution in [-0.4, -0.2) is 42.3 Å². The van der Waals surface area contributed by atoms with Gasteiger partial charge in [-0.2, -0.15) is 0 Å². The molecule has 2 heterocycles. The molecular formula is C27H33N3O3. The number of anilines is 1. The number of amides is 3. The maximum atomic E-state index is 13.0. The van der Waals surface area contributed by atoms with Gasteiger partial charge in [-0.15, -0.1) is 0 Å². The first-order chi connectivity index (χ1) is 16.0. The molecule has 0 atom stereocenters. The van der Waals surface area contributed by atoms with E-state index in [1.807, 2.05) is 53.1 Å². The molecule has 0 unspecified atom stereocenters. The molecule has 6 heteroatoms. The van der Waals surface area contributed by atoms with Gasteiger partial charge in [0.05, 0.1) is 0 Å². The van der Waals surface area contributed by atoms with Crippen molar-refractivity contribution >= 4 is 23.4 Å². The Labute approximate surface area is 196 Å². The lowest BCUT2D eigenvalue weighted by Gasteiger charge is -2.20. The van der Waals surface area contributed by atoms with Gasteiger partial charge in [0.25, 0.3) is 5.91 Å². The third-order valence-electron chi connectivity index (χ3n) is 6.56. The number of nitrogens with one attached hydrogen (secondary N) is 1. The number of likely N-dealkylation sites (tertiary alicyclic amines) is 1. The van der Waals surface area contributed by atoms with Gasteiger partial charge in [0.15, 0.2) is 0 Å². The van der Waals surface area contributed by atoms with E-state index in [1.165, 1.54) is 12.8 Å². The van der Waals surface area contributed by atoms with E-state index in [0.717, 1.165) is 54.7 Å². The monoisotopic (exact) mass is 447 g/mol. The lowest BCUT2D eigenvalue weighted by Crippen LogP contribution is -2.33. The number of hydrogen-bond acceptors (Lipinski definition) is 3. The first-order valence-corrected chi connectivity index (χ1v) is 12.1. The van der Waals surface area contributed by atoms with Crippen molar-refractivity contribution in [3.8, 4) is 0 Å². The molecular weight excluding hydrogens is 414 g/mol. The summed E-state index contributed by atoms with van der Waals surface area (Å²) in [5.41, 5.74) is 4.85. The molecule has 33 heavy (non-hydrogen) atoms. The Hall–Kier alpha value is -3.15. The maximum absolute atomic E-state index is 13.0. The first kappa shape index (κ1) is 23.0. The molecule has 0 bridgehead atoms. The largest absolute Gasteiger partial charge is 0.352 e. The number of carbonyl (C=O) groups is 3. The van der Waals surface area contributed by atoms with E-state index in [1.54, 1.807) is 0 Å². The van der Waals surface area contributed by atoms with Gasteiger partial charge in [-0.25, -0.2) is 0 Å². The maximum Gasteiger partial charge on any atom is 0.258 e. The molecule has 0 aliphatic carbocycles. The second-order valence-electron chi connectivity index (χ2n) is 9.11.